The van der Waals surface area contributed by atoms with Crippen LogP contribution in [-0.2, 0) is 16.1 Å². The van der Waals surface area contributed by atoms with E-state index < -0.39 is 0 Å². The predicted molar refractivity (Wildman–Crippen MR) is 105 cm³/mol. The molecule has 26 heavy (non-hydrogen) atoms. The van der Waals surface area contributed by atoms with Gasteiger partial charge in [-0.2, -0.15) is 0 Å². The minimum atomic E-state index is -0.276. The van der Waals surface area contributed by atoms with Gasteiger partial charge in [0.2, 0.25) is 0 Å². The van der Waals surface area contributed by atoms with Gasteiger partial charge in [-0.25, -0.2) is 4.98 Å². The minimum absolute atomic E-state index is 0.0315. The number of nitrogen functional groups attached to an aromatic ring is 1. The summed E-state index contributed by atoms with van der Waals surface area (Å²) in [5.41, 5.74) is 5.41. The number of allylic oxidation sites excluding steroid dienone is 1. The number of nitrogens with zero attached hydrogens (tertiary/aromatic N) is 2. The first-order valence-electron chi connectivity index (χ1n) is 9.12. The second-order valence-electron chi connectivity index (χ2n) is 7.34. The molecule has 2 rings (SSSR count). The predicted octanol–water partition coefficient (Wildman–Crippen LogP) is 3.11. The number of ether oxygens (including phenoxy) is 1. The zero-order valence-electron chi connectivity index (χ0n) is 15.8. The van der Waals surface area contributed by atoms with Crippen molar-refractivity contribution in [2.45, 2.75) is 57.8 Å². The van der Waals surface area contributed by atoms with Crippen molar-refractivity contribution in [3.63, 3.8) is 0 Å². The summed E-state index contributed by atoms with van der Waals surface area (Å²) < 4.78 is 7.24. The van der Waals surface area contributed by atoms with Gasteiger partial charge in [-0.1, -0.05) is 45.0 Å². The fourth-order valence-corrected chi connectivity index (χ4v) is 4.29. The lowest BCUT2D eigenvalue weighted by molar-refractivity contribution is -0.152. The molecule has 6 nitrogen and oxygen atoms in total. The Hall–Kier alpha value is -1.76. The number of nitrogens with two attached hydrogens (primary N) is 1. The molecular formula is C19H29N3O3S. The Balaban J connectivity index is 2.02. The molecule has 1 aliphatic carbocycles. The molecule has 1 fully saturated rings. The quantitative estimate of drug-likeness (QED) is 0.339. The van der Waals surface area contributed by atoms with Crippen LogP contribution in [0.3, 0.4) is 0 Å². The lowest BCUT2D eigenvalue weighted by Gasteiger charge is -2.36. The summed E-state index contributed by atoms with van der Waals surface area (Å²) in [7, 11) is 0. The first kappa shape index (κ1) is 20.6. The minimum Gasteiger partial charge on any atom is -0.461 e. The lowest BCUT2D eigenvalue weighted by Crippen LogP contribution is -2.36. The summed E-state index contributed by atoms with van der Waals surface area (Å²) in [6.45, 7) is 10.5. The van der Waals surface area contributed by atoms with Gasteiger partial charge in [-0.3, -0.25) is 14.2 Å². The number of hydrogen-bond donors (Lipinski definition) is 1. The van der Waals surface area contributed by atoms with Crippen molar-refractivity contribution in [2.24, 2.45) is 17.8 Å². The Morgan fingerprint density at radius 2 is 2.27 bits per heavy atom. The number of thioether (sulfide) groups is 1. The molecule has 1 aromatic heterocycles. The number of aromatic nitrogens is 2. The summed E-state index contributed by atoms with van der Waals surface area (Å²) in [6, 6.07) is 1.27. The summed E-state index contributed by atoms with van der Waals surface area (Å²) in [4.78, 5) is 28.6. The highest BCUT2D eigenvalue weighted by atomic mass is 32.2. The monoisotopic (exact) mass is 379 g/mol. The van der Waals surface area contributed by atoms with Crippen LogP contribution in [0.1, 0.15) is 40.0 Å². The van der Waals surface area contributed by atoms with Crippen molar-refractivity contribution in [3.05, 3.63) is 29.1 Å². The summed E-state index contributed by atoms with van der Waals surface area (Å²) in [5, 5.41) is 0.407. The van der Waals surface area contributed by atoms with Gasteiger partial charge in [0.15, 0.2) is 5.16 Å². The average Bonchev–Trinajstić information content (AvgIpc) is 2.55. The van der Waals surface area contributed by atoms with Crippen LogP contribution in [0.5, 0.6) is 0 Å². The first-order chi connectivity index (χ1) is 12.3. The maximum Gasteiger partial charge on any atom is 0.316 e. The van der Waals surface area contributed by atoms with Gasteiger partial charge in [-0.15, -0.1) is 6.58 Å². The molecule has 0 amide bonds. The number of esters is 1. The Morgan fingerprint density at radius 1 is 1.54 bits per heavy atom. The zero-order chi connectivity index (χ0) is 19.3. The third-order valence-electron chi connectivity index (χ3n) is 4.87. The van der Waals surface area contributed by atoms with Gasteiger partial charge < -0.3 is 10.5 Å². The highest BCUT2D eigenvalue weighted by molar-refractivity contribution is 7.99. The molecule has 144 valence electrons. The van der Waals surface area contributed by atoms with Crippen LogP contribution in [0.15, 0.2) is 28.7 Å². The van der Waals surface area contributed by atoms with Crippen LogP contribution in [-0.4, -0.2) is 27.4 Å². The van der Waals surface area contributed by atoms with Gasteiger partial charge in [0.25, 0.3) is 5.56 Å². The van der Waals surface area contributed by atoms with Gasteiger partial charge in [0.05, 0.1) is 5.75 Å². The Labute approximate surface area is 159 Å². The van der Waals surface area contributed by atoms with Crippen LogP contribution < -0.4 is 11.3 Å². The highest BCUT2D eigenvalue weighted by Gasteiger charge is 2.33. The Morgan fingerprint density at radius 3 is 2.92 bits per heavy atom. The number of carbonyl (C=O) groups excluding carboxylic acids is 1. The smallest absolute Gasteiger partial charge is 0.316 e. The van der Waals surface area contributed by atoms with Crippen molar-refractivity contribution < 1.29 is 9.53 Å². The number of anilines is 1. The van der Waals surface area contributed by atoms with Crippen molar-refractivity contribution in [1.82, 2.24) is 9.55 Å². The molecule has 0 aromatic carbocycles. The topological polar surface area (TPSA) is 87.2 Å². The number of rotatable bonds is 7. The summed E-state index contributed by atoms with van der Waals surface area (Å²) in [5.74, 6) is 1.44. The van der Waals surface area contributed by atoms with Gasteiger partial charge >= 0.3 is 5.97 Å². The van der Waals surface area contributed by atoms with E-state index in [1.807, 2.05) is 0 Å². The summed E-state index contributed by atoms with van der Waals surface area (Å²) in [6.07, 6.45) is 4.78. The van der Waals surface area contributed by atoms with E-state index in [4.69, 9.17) is 10.5 Å². The van der Waals surface area contributed by atoms with E-state index in [0.717, 1.165) is 12.8 Å². The molecule has 2 N–H and O–H groups in total. The van der Waals surface area contributed by atoms with E-state index in [1.54, 1.807) is 6.08 Å². The van der Waals surface area contributed by atoms with E-state index in [0.29, 0.717) is 29.5 Å². The van der Waals surface area contributed by atoms with Crippen molar-refractivity contribution in [1.29, 1.82) is 0 Å². The van der Waals surface area contributed by atoms with E-state index in [9.17, 15) is 9.59 Å². The molecule has 3 unspecified atom stereocenters. The molecule has 0 bridgehead atoms. The van der Waals surface area contributed by atoms with Crippen LogP contribution in [0.4, 0.5) is 5.82 Å². The molecule has 1 heterocycles. The molecule has 7 heteroatoms. The van der Waals surface area contributed by atoms with Crippen LogP contribution in [0, 0.1) is 17.8 Å². The summed E-state index contributed by atoms with van der Waals surface area (Å²) >= 11 is 1.17. The highest BCUT2D eigenvalue weighted by Crippen LogP contribution is 2.35. The second-order valence-corrected chi connectivity index (χ2v) is 8.29. The zero-order valence-corrected chi connectivity index (χ0v) is 16.6. The number of hydrogen-bond acceptors (Lipinski definition) is 6. The van der Waals surface area contributed by atoms with E-state index >= 15 is 0 Å². The maximum atomic E-state index is 12.4. The molecule has 1 aliphatic rings. The molecule has 0 radical (unpaired) electrons. The molecule has 1 saturated carbocycles. The van der Waals surface area contributed by atoms with Crippen molar-refractivity contribution in [3.8, 4) is 0 Å². The van der Waals surface area contributed by atoms with Gasteiger partial charge in [0, 0.05) is 12.6 Å². The van der Waals surface area contributed by atoms with Crippen LogP contribution in [0.25, 0.3) is 0 Å². The maximum absolute atomic E-state index is 12.4. The molecule has 0 saturated heterocycles. The van der Waals surface area contributed by atoms with Gasteiger partial charge in [-0.05, 0) is 30.6 Å². The largest absolute Gasteiger partial charge is 0.461 e. The lowest BCUT2D eigenvalue weighted by atomic mass is 9.75. The standard InChI is InChI=1S/C19H29N3O3S/c1-5-8-22-17(23)10-16(20)21-19(22)26-11-18(24)25-15-9-13(4)6-7-14(15)12(2)3/h5,10,12-15H,1,6-9,11,20H2,2-4H3. The normalized spacial score (nSPS) is 23.0. The first-order valence-corrected chi connectivity index (χ1v) is 10.1. The number of carbonyl (C=O) groups is 1. The fraction of sp³-hybridized carbons (Fsp3) is 0.632. The second kappa shape index (κ2) is 9.26. The van der Waals surface area contributed by atoms with Crippen molar-refractivity contribution >= 4 is 23.5 Å². The third kappa shape index (κ3) is 5.37. The molecule has 0 spiro atoms. The van der Waals surface area contributed by atoms with E-state index in [2.05, 4.69) is 32.3 Å². The van der Waals surface area contributed by atoms with Gasteiger partial charge in [0.1, 0.15) is 11.9 Å². The molecular weight excluding hydrogens is 350 g/mol. The Kier molecular flexibility index (Phi) is 7.32. The van der Waals surface area contributed by atoms with Crippen molar-refractivity contribution in [2.75, 3.05) is 11.5 Å². The Bertz CT molecular complexity index is 702. The third-order valence-corrected chi connectivity index (χ3v) is 5.82. The molecule has 0 aliphatic heterocycles. The SMILES string of the molecule is C=CCn1c(SCC(=O)OC2CC(C)CCC2C(C)C)nc(N)cc1=O. The fourth-order valence-electron chi connectivity index (χ4n) is 3.49. The molecule has 3 atom stereocenters. The van der Waals surface area contributed by atoms with Crippen LogP contribution in [0.2, 0.25) is 0 Å². The van der Waals surface area contributed by atoms with E-state index in [-0.39, 0.29) is 29.2 Å². The van der Waals surface area contributed by atoms with Crippen LogP contribution >= 0.6 is 11.8 Å². The van der Waals surface area contributed by atoms with E-state index in [1.165, 1.54) is 28.8 Å². The molecule has 1 aromatic rings. The average molecular weight is 380 g/mol.